The molecule has 0 fully saturated rings. The fraction of sp³-hybridized carbons (Fsp3) is 0.556. The van der Waals surface area contributed by atoms with E-state index in [0.29, 0.717) is 5.76 Å². The maximum absolute atomic E-state index is 9.38. The zero-order valence-electron chi connectivity index (χ0n) is 7.00. The molecule has 0 bridgehead atoms. The fourth-order valence-corrected chi connectivity index (χ4v) is 1.30. The number of ether oxygens (including phenoxy) is 1. The Morgan fingerprint density at radius 3 is 2.73 bits per heavy atom. The summed E-state index contributed by atoms with van der Waals surface area (Å²) in [7, 11) is 0. The summed E-state index contributed by atoms with van der Waals surface area (Å²) in [5.74, 6) is 0.380. The van der Waals surface area contributed by atoms with Crippen LogP contribution < -0.4 is 0 Å². The zero-order valence-corrected chi connectivity index (χ0v) is 7.00. The first-order valence-electron chi connectivity index (χ1n) is 4.03. The van der Waals surface area contributed by atoms with Crippen LogP contribution in [0.4, 0.5) is 0 Å². The highest BCUT2D eigenvalue weighted by Gasteiger charge is 2.17. The average molecular weight is 154 g/mol. The molecular formula is C9H14O2. The highest BCUT2D eigenvalue weighted by Crippen LogP contribution is 2.22. The van der Waals surface area contributed by atoms with Crippen molar-refractivity contribution in [3.63, 3.8) is 0 Å². The third-order valence-corrected chi connectivity index (χ3v) is 1.94. The molecule has 0 saturated carbocycles. The molecule has 0 radical (unpaired) electrons. The molecule has 0 aromatic rings. The molecule has 0 aliphatic carbocycles. The lowest BCUT2D eigenvalue weighted by molar-refractivity contribution is 0.155. The van der Waals surface area contributed by atoms with Crippen molar-refractivity contribution in [2.45, 2.75) is 32.8 Å². The van der Waals surface area contributed by atoms with Gasteiger partial charge in [-0.2, -0.15) is 0 Å². The Balaban J connectivity index is 2.81. The van der Waals surface area contributed by atoms with Gasteiger partial charge in [0.05, 0.1) is 6.26 Å². The van der Waals surface area contributed by atoms with E-state index in [9.17, 15) is 5.11 Å². The lowest BCUT2D eigenvalue weighted by Gasteiger charge is -2.21. The van der Waals surface area contributed by atoms with Crippen LogP contribution in [0.1, 0.15) is 26.7 Å². The zero-order chi connectivity index (χ0) is 8.27. The van der Waals surface area contributed by atoms with Gasteiger partial charge in [-0.25, -0.2) is 0 Å². The second kappa shape index (κ2) is 3.46. The monoisotopic (exact) mass is 154 g/mol. The Hall–Kier alpha value is -0.920. The van der Waals surface area contributed by atoms with E-state index in [-0.39, 0.29) is 6.10 Å². The predicted molar refractivity (Wildman–Crippen MR) is 44.2 cm³/mol. The van der Waals surface area contributed by atoms with Gasteiger partial charge in [0.1, 0.15) is 11.9 Å². The molecular weight excluding hydrogens is 140 g/mol. The molecule has 1 atom stereocenters. The van der Waals surface area contributed by atoms with Crippen molar-refractivity contribution in [3.05, 3.63) is 23.7 Å². The minimum absolute atomic E-state index is 0.0880. The second-order valence-corrected chi connectivity index (χ2v) is 2.60. The molecule has 1 aliphatic rings. The highest BCUT2D eigenvalue weighted by molar-refractivity contribution is 5.24. The largest absolute Gasteiger partial charge is 0.508 e. The van der Waals surface area contributed by atoms with Crippen molar-refractivity contribution < 1.29 is 9.84 Å². The van der Waals surface area contributed by atoms with Gasteiger partial charge < -0.3 is 9.84 Å². The minimum Gasteiger partial charge on any atom is -0.508 e. The quantitative estimate of drug-likeness (QED) is 0.662. The van der Waals surface area contributed by atoms with Gasteiger partial charge in [0.15, 0.2) is 0 Å². The molecule has 11 heavy (non-hydrogen) atoms. The second-order valence-electron chi connectivity index (χ2n) is 2.60. The number of rotatable bonds is 2. The first-order valence-corrected chi connectivity index (χ1v) is 4.03. The van der Waals surface area contributed by atoms with Crippen LogP contribution in [0.5, 0.6) is 0 Å². The maximum Gasteiger partial charge on any atom is 0.122 e. The summed E-state index contributed by atoms with van der Waals surface area (Å²) in [5.41, 5.74) is 1.01. The van der Waals surface area contributed by atoms with E-state index in [2.05, 4.69) is 0 Å². The van der Waals surface area contributed by atoms with Gasteiger partial charge in [-0.3, -0.25) is 0 Å². The molecule has 0 amide bonds. The summed E-state index contributed by atoms with van der Waals surface area (Å²) in [6, 6.07) is 0. The summed E-state index contributed by atoms with van der Waals surface area (Å²) in [4.78, 5) is 0. The number of hydrogen-bond donors (Lipinski definition) is 1. The third kappa shape index (κ3) is 1.56. The summed E-state index contributed by atoms with van der Waals surface area (Å²) in [5, 5.41) is 9.38. The third-order valence-electron chi connectivity index (χ3n) is 1.94. The fourth-order valence-electron chi connectivity index (χ4n) is 1.30. The van der Waals surface area contributed by atoms with Gasteiger partial charge in [-0.05, 0) is 12.8 Å². The van der Waals surface area contributed by atoms with Gasteiger partial charge in [0, 0.05) is 11.6 Å². The summed E-state index contributed by atoms with van der Waals surface area (Å²) in [6.45, 7) is 4.07. The summed E-state index contributed by atoms with van der Waals surface area (Å²) < 4.78 is 5.30. The van der Waals surface area contributed by atoms with Crippen LogP contribution in [-0.4, -0.2) is 11.2 Å². The maximum atomic E-state index is 9.38. The summed E-state index contributed by atoms with van der Waals surface area (Å²) >= 11 is 0. The molecule has 1 heterocycles. The van der Waals surface area contributed by atoms with Crippen LogP contribution >= 0.6 is 0 Å². The van der Waals surface area contributed by atoms with Gasteiger partial charge in [0.25, 0.3) is 0 Å². The molecule has 1 rings (SSSR count). The van der Waals surface area contributed by atoms with Crippen LogP contribution in [-0.2, 0) is 4.74 Å². The topological polar surface area (TPSA) is 29.5 Å². The molecule has 0 spiro atoms. The van der Waals surface area contributed by atoms with Crippen molar-refractivity contribution >= 4 is 0 Å². The molecule has 62 valence electrons. The van der Waals surface area contributed by atoms with E-state index in [1.54, 1.807) is 12.3 Å². The Morgan fingerprint density at radius 1 is 1.55 bits per heavy atom. The van der Waals surface area contributed by atoms with Crippen LogP contribution in [0.15, 0.2) is 23.7 Å². The smallest absolute Gasteiger partial charge is 0.122 e. The van der Waals surface area contributed by atoms with Crippen LogP contribution in [0.3, 0.4) is 0 Å². The molecule has 2 nitrogen and oxygen atoms in total. The molecule has 0 saturated heterocycles. The molecule has 1 N–H and O–H groups in total. The first kappa shape index (κ1) is 8.18. The number of aliphatic hydroxyl groups excluding tert-OH is 1. The minimum atomic E-state index is 0.0880. The average Bonchev–Trinajstić information content (AvgIpc) is 2.04. The van der Waals surface area contributed by atoms with Gasteiger partial charge >= 0.3 is 0 Å². The van der Waals surface area contributed by atoms with Crippen molar-refractivity contribution in [2.24, 2.45) is 0 Å². The molecule has 1 unspecified atom stereocenters. The molecule has 0 aromatic heterocycles. The van der Waals surface area contributed by atoms with Crippen molar-refractivity contribution in [3.8, 4) is 0 Å². The molecule has 1 aliphatic heterocycles. The Bertz CT molecular complexity index is 192. The number of allylic oxidation sites excluding steroid dienone is 1. The van der Waals surface area contributed by atoms with Crippen LogP contribution in [0, 0.1) is 0 Å². The van der Waals surface area contributed by atoms with Crippen molar-refractivity contribution in [2.75, 3.05) is 0 Å². The Morgan fingerprint density at radius 2 is 2.27 bits per heavy atom. The van der Waals surface area contributed by atoms with E-state index in [1.807, 2.05) is 13.8 Å². The van der Waals surface area contributed by atoms with Gasteiger partial charge in [-0.15, -0.1) is 0 Å². The van der Waals surface area contributed by atoms with E-state index < -0.39 is 0 Å². The highest BCUT2D eigenvalue weighted by atomic mass is 16.5. The van der Waals surface area contributed by atoms with Crippen molar-refractivity contribution in [1.82, 2.24) is 0 Å². The predicted octanol–water partition coefficient (Wildman–Crippen LogP) is 2.53. The van der Waals surface area contributed by atoms with Crippen molar-refractivity contribution in [1.29, 1.82) is 0 Å². The van der Waals surface area contributed by atoms with Crippen LogP contribution in [0.2, 0.25) is 0 Å². The normalized spacial score (nSPS) is 23.6. The molecule has 0 aromatic carbocycles. The van der Waals surface area contributed by atoms with Gasteiger partial charge in [-0.1, -0.05) is 13.8 Å². The van der Waals surface area contributed by atoms with E-state index in [4.69, 9.17) is 4.74 Å². The summed E-state index contributed by atoms with van der Waals surface area (Å²) in [6.07, 6.45) is 5.02. The Kier molecular flexibility index (Phi) is 2.58. The first-order chi connectivity index (χ1) is 5.29. The SMILES string of the molecule is CCC1=C(O)C=COC1CC. The standard InChI is InChI=1S/C9H14O2/c1-3-7-8(10)5-6-11-9(7)4-2/h5-6,9-10H,3-4H2,1-2H3. The van der Waals surface area contributed by atoms with Gasteiger partial charge in [0.2, 0.25) is 0 Å². The number of aliphatic hydroxyl groups is 1. The number of hydrogen-bond acceptors (Lipinski definition) is 2. The molecule has 2 heteroatoms. The van der Waals surface area contributed by atoms with E-state index >= 15 is 0 Å². The lowest BCUT2D eigenvalue weighted by atomic mass is 10.0. The van der Waals surface area contributed by atoms with E-state index in [1.165, 1.54) is 0 Å². The van der Waals surface area contributed by atoms with Crippen LogP contribution in [0.25, 0.3) is 0 Å². The lowest BCUT2D eigenvalue weighted by Crippen LogP contribution is -2.16. The Labute approximate surface area is 67.2 Å². The van der Waals surface area contributed by atoms with E-state index in [0.717, 1.165) is 18.4 Å².